The smallest absolute Gasteiger partial charge is 0.261 e. The van der Waals surface area contributed by atoms with Crippen LogP contribution in [-0.4, -0.2) is 27.2 Å². The molecule has 1 amide bonds. The molecule has 2 aromatic carbocycles. The van der Waals surface area contributed by atoms with E-state index in [0.29, 0.717) is 33.9 Å². The van der Waals surface area contributed by atoms with E-state index in [4.69, 9.17) is 24.0 Å². The molecular weight excluding hydrogens is 336 g/mol. The topological polar surface area (TPSA) is 93.8 Å². The van der Waals surface area contributed by atoms with Gasteiger partial charge in [-0.05, 0) is 24.3 Å². The highest BCUT2D eigenvalue weighted by atomic mass is 16.5. The van der Waals surface area contributed by atoms with Gasteiger partial charge in [0.2, 0.25) is 5.55 Å². The maximum Gasteiger partial charge on any atom is 0.261 e. The van der Waals surface area contributed by atoms with Crippen molar-refractivity contribution in [2.75, 3.05) is 26.6 Å². The van der Waals surface area contributed by atoms with E-state index in [9.17, 15) is 4.79 Å². The zero-order valence-electron chi connectivity index (χ0n) is 14.6. The Labute approximate surface area is 149 Å². The second-order valence-corrected chi connectivity index (χ2v) is 5.39. The number of fused-ring (bicyclic) bond motifs is 1. The molecule has 7 heteroatoms. The molecule has 7 nitrogen and oxygen atoms in total. The predicted molar refractivity (Wildman–Crippen MR) is 96.1 cm³/mol. The van der Waals surface area contributed by atoms with Gasteiger partial charge < -0.3 is 23.9 Å². The molecule has 1 heterocycles. The summed E-state index contributed by atoms with van der Waals surface area (Å²) in [5, 5.41) is 11.4. The summed E-state index contributed by atoms with van der Waals surface area (Å²) < 4.78 is 21.2. The van der Waals surface area contributed by atoms with Gasteiger partial charge in [0.1, 0.15) is 17.1 Å². The number of carbonyl (C=O) groups is 1. The zero-order valence-corrected chi connectivity index (χ0v) is 14.6. The van der Waals surface area contributed by atoms with Crippen LogP contribution >= 0.6 is 0 Å². The number of rotatable bonds is 5. The summed E-state index contributed by atoms with van der Waals surface area (Å²) in [6.07, 6.45) is 0. The van der Waals surface area contributed by atoms with Crippen molar-refractivity contribution in [2.45, 2.75) is 0 Å². The monoisotopic (exact) mass is 354 g/mol. The van der Waals surface area contributed by atoms with E-state index in [-0.39, 0.29) is 11.1 Å². The fourth-order valence-electron chi connectivity index (χ4n) is 2.56. The Kier molecular flexibility index (Phi) is 4.79. The fourth-order valence-corrected chi connectivity index (χ4v) is 2.56. The van der Waals surface area contributed by atoms with Gasteiger partial charge >= 0.3 is 0 Å². The minimum atomic E-state index is -0.491. The van der Waals surface area contributed by atoms with Gasteiger partial charge in [0.05, 0.1) is 27.0 Å². The van der Waals surface area contributed by atoms with Gasteiger partial charge in [-0.15, -0.1) is 0 Å². The lowest BCUT2D eigenvalue weighted by Crippen LogP contribution is -2.21. The van der Waals surface area contributed by atoms with Crippen LogP contribution in [0, 0.1) is 5.41 Å². The van der Waals surface area contributed by atoms with E-state index >= 15 is 0 Å². The van der Waals surface area contributed by atoms with E-state index in [1.807, 2.05) is 0 Å². The molecule has 0 atom stereocenters. The second kappa shape index (κ2) is 7.18. The number of ether oxygens (including phenoxy) is 3. The molecular formula is C19H18N2O5. The molecule has 2 N–H and O–H groups in total. The summed E-state index contributed by atoms with van der Waals surface area (Å²) in [6.45, 7) is 0. The number of anilines is 1. The molecule has 134 valence electrons. The van der Waals surface area contributed by atoms with Gasteiger partial charge in [-0.25, -0.2) is 0 Å². The van der Waals surface area contributed by atoms with Crippen LogP contribution in [0.4, 0.5) is 5.69 Å². The van der Waals surface area contributed by atoms with Crippen molar-refractivity contribution in [1.29, 1.82) is 5.41 Å². The lowest BCUT2D eigenvalue weighted by atomic mass is 10.1. The van der Waals surface area contributed by atoms with Gasteiger partial charge in [0.15, 0.2) is 11.3 Å². The Morgan fingerprint density at radius 3 is 2.46 bits per heavy atom. The minimum absolute atomic E-state index is 0.0932. The molecule has 0 aliphatic carbocycles. The van der Waals surface area contributed by atoms with Crippen LogP contribution < -0.4 is 25.1 Å². The minimum Gasteiger partial charge on any atom is -0.497 e. The van der Waals surface area contributed by atoms with Crippen molar-refractivity contribution < 1.29 is 23.4 Å². The SMILES string of the molecule is COc1ccc(OC)c(NC(=O)c2cc3cccc(OC)c3oc2=N)c1. The van der Waals surface area contributed by atoms with E-state index in [2.05, 4.69) is 5.32 Å². The van der Waals surface area contributed by atoms with Crippen molar-refractivity contribution in [2.24, 2.45) is 0 Å². The van der Waals surface area contributed by atoms with Crippen LogP contribution in [0.15, 0.2) is 46.9 Å². The van der Waals surface area contributed by atoms with Crippen LogP contribution in [0.1, 0.15) is 10.4 Å². The van der Waals surface area contributed by atoms with Crippen LogP contribution in [0.5, 0.6) is 17.2 Å². The number of methoxy groups -OCH3 is 3. The predicted octanol–water partition coefficient (Wildman–Crippen LogP) is 3.19. The zero-order chi connectivity index (χ0) is 18.7. The van der Waals surface area contributed by atoms with Crippen molar-refractivity contribution in [3.05, 3.63) is 53.6 Å². The van der Waals surface area contributed by atoms with Crippen molar-refractivity contribution >= 4 is 22.6 Å². The van der Waals surface area contributed by atoms with Crippen molar-refractivity contribution in [3.63, 3.8) is 0 Å². The van der Waals surface area contributed by atoms with Crippen LogP contribution in [0.3, 0.4) is 0 Å². The maximum absolute atomic E-state index is 12.7. The largest absolute Gasteiger partial charge is 0.497 e. The number of hydrogen-bond acceptors (Lipinski definition) is 6. The first kappa shape index (κ1) is 17.3. The molecule has 3 rings (SSSR count). The number of benzene rings is 2. The molecule has 0 saturated carbocycles. The molecule has 0 spiro atoms. The molecule has 0 aliphatic rings. The normalized spacial score (nSPS) is 10.4. The highest BCUT2D eigenvalue weighted by Crippen LogP contribution is 2.29. The number of para-hydroxylation sites is 1. The maximum atomic E-state index is 12.7. The summed E-state index contributed by atoms with van der Waals surface area (Å²) in [6, 6.07) is 11.9. The highest BCUT2D eigenvalue weighted by molar-refractivity contribution is 6.06. The summed E-state index contributed by atoms with van der Waals surface area (Å²) in [7, 11) is 4.56. The average Bonchev–Trinajstić information content (AvgIpc) is 2.66. The van der Waals surface area contributed by atoms with E-state index in [0.717, 1.165) is 0 Å². The van der Waals surface area contributed by atoms with Crippen molar-refractivity contribution in [1.82, 2.24) is 0 Å². The summed E-state index contributed by atoms with van der Waals surface area (Å²) in [5.41, 5.74) is 0.675. The third-order valence-corrected chi connectivity index (χ3v) is 3.88. The molecule has 3 aromatic rings. The molecule has 0 bridgehead atoms. The third kappa shape index (κ3) is 3.19. The Morgan fingerprint density at radius 1 is 1.00 bits per heavy atom. The van der Waals surface area contributed by atoms with Gasteiger partial charge in [0.25, 0.3) is 5.91 Å². The quantitative estimate of drug-likeness (QED) is 0.734. The molecule has 0 fully saturated rings. The summed E-state index contributed by atoms with van der Waals surface area (Å²) in [4.78, 5) is 12.7. The first-order valence-corrected chi connectivity index (χ1v) is 7.76. The lowest BCUT2D eigenvalue weighted by Gasteiger charge is -2.12. The Hall–Kier alpha value is -3.48. The van der Waals surface area contributed by atoms with Gasteiger partial charge in [-0.2, -0.15) is 0 Å². The third-order valence-electron chi connectivity index (χ3n) is 3.88. The first-order chi connectivity index (χ1) is 12.6. The average molecular weight is 354 g/mol. The van der Waals surface area contributed by atoms with Crippen LogP contribution in [0.25, 0.3) is 11.0 Å². The second-order valence-electron chi connectivity index (χ2n) is 5.39. The molecule has 0 unspecified atom stereocenters. The fraction of sp³-hybridized carbons (Fsp3) is 0.158. The highest BCUT2D eigenvalue weighted by Gasteiger charge is 2.16. The van der Waals surface area contributed by atoms with Crippen molar-refractivity contribution in [3.8, 4) is 17.2 Å². The first-order valence-electron chi connectivity index (χ1n) is 7.76. The van der Waals surface area contributed by atoms with Crippen LogP contribution in [-0.2, 0) is 0 Å². The standard InChI is InChI=1S/C19H18N2O5/c1-23-12-7-8-15(24-2)14(10-12)21-19(22)13-9-11-5-4-6-16(25-3)17(11)26-18(13)20/h4-10,20H,1-3H3,(H,21,22). The molecule has 1 aromatic heterocycles. The van der Waals surface area contributed by atoms with Crippen LogP contribution in [0.2, 0.25) is 0 Å². The van der Waals surface area contributed by atoms with Gasteiger partial charge in [-0.3, -0.25) is 10.2 Å². The van der Waals surface area contributed by atoms with E-state index < -0.39 is 5.91 Å². The molecule has 26 heavy (non-hydrogen) atoms. The van der Waals surface area contributed by atoms with Gasteiger partial charge in [-0.1, -0.05) is 12.1 Å². The lowest BCUT2D eigenvalue weighted by molar-refractivity contribution is 0.102. The summed E-state index contributed by atoms with van der Waals surface area (Å²) >= 11 is 0. The molecule has 0 saturated heterocycles. The van der Waals surface area contributed by atoms with E-state index in [1.54, 1.807) is 42.5 Å². The number of hydrogen-bond donors (Lipinski definition) is 2. The van der Waals surface area contributed by atoms with Gasteiger partial charge in [0, 0.05) is 11.5 Å². The van der Waals surface area contributed by atoms with E-state index in [1.165, 1.54) is 21.3 Å². The molecule has 0 aliphatic heterocycles. The number of nitrogens with one attached hydrogen (secondary N) is 2. The molecule has 0 radical (unpaired) electrons. The Morgan fingerprint density at radius 2 is 1.77 bits per heavy atom. The Balaban J connectivity index is 2.01. The summed E-state index contributed by atoms with van der Waals surface area (Å²) in [5.74, 6) is 1.05. The number of carbonyl (C=O) groups excluding carboxylic acids is 1. The Bertz CT molecular complexity index is 1030. The number of amides is 1.